The lowest BCUT2D eigenvalue weighted by molar-refractivity contribution is 0.279. The molecule has 0 saturated heterocycles. The smallest absolute Gasteiger partial charge is 0.122 e. The molecule has 1 unspecified atom stereocenters. The average Bonchev–Trinajstić information content (AvgIpc) is 2.44. The fraction of sp³-hybridized carbons (Fsp3) is 0.625. The monoisotopic (exact) mass is 346 g/mol. The molecule has 1 rings (SSSR count). The average molecular weight is 348 g/mol. The highest BCUT2D eigenvalue weighted by Crippen LogP contribution is 2.38. The lowest BCUT2D eigenvalue weighted by atomic mass is 9.77. The van der Waals surface area contributed by atoms with Gasteiger partial charge in [-0.15, -0.1) is 0 Å². The van der Waals surface area contributed by atoms with Crippen LogP contribution >= 0.6 is 27.5 Å². The fourth-order valence-corrected chi connectivity index (χ4v) is 3.51. The minimum atomic E-state index is 0.300. The van der Waals surface area contributed by atoms with Gasteiger partial charge in [-0.05, 0) is 48.4 Å². The maximum atomic E-state index is 6.13. The highest BCUT2D eigenvalue weighted by molar-refractivity contribution is 9.09. The zero-order chi connectivity index (χ0) is 14.3. The van der Waals surface area contributed by atoms with E-state index in [0.717, 1.165) is 28.9 Å². The van der Waals surface area contributed by atoms with E-state index in [2.05, 4.69) is 29.8 Å². The molecule has 3 heteroatoms. The van der Waals surface area contributed by atoms with Gasteiger partial charge in [-0.3, -0.25) is 0 Å². The molecule has 0 bridgehead atoms. The van der Waals surface area contributed by atoms with Crippen LogP contribution in [0.1, 0.15) is 45.1 Å². The van der Waals surface area contributed by atoms with Crippen molar-refractivity contribution in [1.82, 2.24) is 0 Å². The number of hydrogen-bond acceptors (Lipinski definition) is 1. The Balaban J connectivity index is 2.98. The van der Waals surface area contributed by atoms with Gasteiger partial charge in [0.25, 0.3) is 0 Å². The molecule has 1 aromatic rings. The summed E-state index contributed by atoms with van der Waals surface area (Å²) in [4.78, 5) is 0. The van der Waals surface area contributed by atoms with Gasteiger partial charge < -0.3 is 4.74 Å². The van der Waals surface area contributed by atoms with Gasteiger partial charge in [0, 0.05) is 10.4 Å². The molecule has 0 aliphatic carbocycles. The summed E-state index contributed by atoms with van der Waals surface area (Å²) in [5.74, 6) is 0.944. The van der Waals surface area contributed by atoms with Gasteiger partial charge in [-0.2, -0.15) is 0 Å². The number of halogens is 2. The Morgan fingerprint density at radius 3 is 2.58 bits per heavy atom. The molecule has 0 aliphatic heterocycles. The molecule has 0 aliphatic rings. The van der Waals surface area contributed by atoms with Crippen molar-refractivity contribution in [3.8, 4) is 5.75 Å². The first-order chi connectivity index (χ1) is 9.10. The van der Waals surface area contributed by atoms with Crippen molar-refractivity contribution in [2.24, 2.45) is 5.41 Å². The van der Waals surface area contributed by atoms with Crippen LogP contribution in [-0.4, -0.2) is 12.4 Å². The number of alkyl halides is 1. The largest absolute Gasteiger partial charge is 0.496 e. The van der Waals surface area contributed by atoms with Crippen LogP contribution in [-0.2, 0) is 6.42 Å². The lowest BCUT2D eigenvalue weighted by Crippen LogP contribution is -2.25. The molecule has 1 atom stereocenters. The summed E-state index contributed by atoms with van der Waals surface area (Å²) in [7, 11) is 1.72. The summed E-state index contributed by atoms with van der Waals surface area (Å²) in [5.41, 5.74) is 1.51. The van der Waals surface area contributed by atoms with Crippen LogP contribution in [0.25, 0.3) is 0 Å². The SMILES string of the molecule is CCCCC(CC)(CBr)Cc1cc(Cl)ccc1OC. The van der Waals surface area contributed by atoms with Gasteiger partial charge in [0.05, 0.1) is 7.11 Å². The Bertz CT molecular complexity index is 388. The maximum absolute atomic E-state index is 6.13. The number of unbranched alkanes of at least 4 members (excludes halogenated alkanes) is 1. The minimum absolute atomic E-state index is 0.300. The third-order valence-corrected chi connectivity index (χ3v) is 5.33. The lowest BCUT2D eigenvalue weighted by Gasteiger charge is -2.31. The Hall–Kier alpha value is -0.210. The molecule has 0 fully saturated rings. The fourth-order valence-electron chi connectivity index (χ4n) is 2.44. The van der Waals surface area contributed by atoms with Crippen LogP contribution < -0.4 is 4.74 Å². The van der Waals surface area contributed by atoms with Crippen LogP contribution in [0.4, 0.5) is 0 Å². The van der Waals surface area contributed by atoms with E-state index >= 15 is 0 Å². The van der Waals surface area contributed by atoms with Crippen LogP contribution in [0.15, 0.2) is 18.2 Å². The molecular formula is C16H24BrClO. The first kappa shape index (κ1) is 16.8. The summed E-state index contributed by atoms with van der Waals surface area (Å²) in [6.45, 7) is 4.52. The second-order valence-electron chi connectivity index (χ2n) is 5.22. The molecule has 0 N–H and O–H groups in total. The van der Waals surface area contributed by atoms with E-state index in [0.29, 0.717) is 5.41 Å². The van der Waals surface area contributed by atoms with Gasteiger partial charge in [0.2, 0.25) is 0 Å². The highest BCUT2D eigenvalue weighted by Gasteiger charge is 2.28. The Morgan fingerprint density at radius 1 is 1.32 bits per heavy atom. The van der Waals surface area contributed by atoms with Crippen molar-refractivity contribution >= 4 is 27.5 Å². The predicted molar refractivity (Wildman–Crippen MR) is 87.8 cm³/mol. The Morgan fingerprint density at radius 2 is 2.05 bits per heavy atom. The quantitative estimate of drug-likeness (QED) is 0.534. The second-order valence-corrected chi connectivity index (χ2v) is 6.22. The van der Waals surface area contributed by atoms with E-state index in [1.54, 1.807) is 7.11 Å². The molecule has 1 nitrogen and oxygen atoms in total. The van der Waals surface area contributed by atoms with E-state index < -0.39 is 0 Å². The summed E-state index contributed by atoms with van der Waals surface area (Å²) in [6.07, 6.45) is 5.91. The van der Waals surface area contributed by atoms with Gasteiger partial charge in [-0.25, -0.2) is 0 Å². The number of rotatable bonds is 8. The van der Waals surface area contributed by atoms with Crippen LogP contribution in [0.2, 0.25) is 5.02 Å². The third-order valence-electron chi connectivity index (χ3n) is 3.90. The minimum Gasteiger partial charge on any atom is -0.496 e. The maximum Gasteiger partial charge on any atom is 0.122 e. The normalized spacial score (nSPS) is 14.2. The van der Waals surface area contributed by atoms with E-state index in [4.69, 9.17) is 16.3 Å². The summed E-state index contributed by atoms with van der Waals surface area (Å²) >= 11 is 9.84. The Kier molecular flexibility index (Phi) is 7.23. The number of ether oxygens (including phenoxy) is 1. The standard InChI is InChI=1S/C16H24BrClO/c1-4-6-9-16(5-2,12-17)11-13-10-14(18)7-8-15(13)19-3/h7-8,10H,4-6,9,11-12H2,1-3H3. The van der Waals surface area contributed by atoms with Crippen molar-refractivity contribution in [2.45, 2.75) is 46.0 Å². The van der Waals surface area contributed by atoms with Crippen molar-refractivity contribution in [1.29, 1.82) is 0 Å². The van der Waals surface area contributed by atoms with Gasteiger partial charge in [0.15, 0.2) is 0 Å². The van der Waals surface area contributed by atoms with Crippen LogP contribution in [0.5, 0.6) is 5.75 Å². The van der Waals surface area contributed by atoms with Crippen molar-refractivity contribution in [3.05, 3.63) is 28.8 Å². The van der Waals surface area contributed by atoms with Crippen molar-refractivity contribution in [2.75, 3.05) is 12.4 Å². The number of benzene rings is 1. The van der Waals surface area contributed by atoms with Crippen LogP contribution in [0.3, 0.4) is 0 Å². The molecule has 108 valence electrons. The predicted octanol–water partition coefficient (Wildman–Crippen LogP) is 5.87. The zero-order valence-electron chi connectivity index (χ0n) is 12.1. The summed E-state index contributed by atoms with van der Waals surface area (Å²) in [5, 5.41) is 1.80. The molecule has 0 heterocycles. The highest BCUT2D eigenvalue weighted by atomic mass is 79.9. The summed E-state index contributed by atoms with van der Waals surface area (Å²) in [6, 6.07) is 5.89. The van der Waals surface area contributed by atoms with E-state index in [1.807, 2.05) is 18.2 Å². The molecule has 0 spiro atoms. The van der Waals surface area contributed by atoms with E-state index in [-0.39, 0.29) is 0 Å². The summed E-state index contributed by atoms with van der Waals surface area (Å²) < 4.78 is 5.47. The second kappa shape index (κ2) is 8.16. The molecule has 0 amide bonds. The molecule has 0 aromatic heterocycles. The molecule has 1 aromatic carbocycles. The van der Waals surface area contributed by atoms with Gasteiger partial charge >= 0.3 is 0 Å². The van der Waals surface area contributed by atoms with Gasteiger partial charge in [0.1, 0.15) is 5.75 Å². The first-order valence-corrected chi connectivity index (χ1v) is 8.49. The first-order valence-electron chi connectivity index (χ1n) is 6.99. The molecule has 19 heavy (non-hydrogen) atoms. The molecular weight excluding hydrogens is 324 g/mol. The third kappa shape index (κ3) is 4.68. The van der Waals surface area contributed by atoms with E-state index in [1.165, 1.54) is 24.8 Å². The molecule has 0 radical (unpaired) electrons. The number of methoxy groups -OCH3 is 1. The zero-order valence-corrected chi connectivity index (χ0v) is 14.5. The van der Waals surface area contributed by atoms with Crippen molar-refractivity contribution < 1.29 is 4.74 Å². The van der Waals surface area contributed by atoms with Crippen molar-refractivity contribution in [3.63, 3.8) is 0 Å². The van der Waals surface area contributed by atoms with Gasteiger partial charge in [-0.1, -0.05) is 54.2 Å². The Labute approximate surface area is 130 Å². The topological polar surface area (TPSA) is 9.23 Å². The van der Waals surface area contributed by atoms with Crippen LogP contribution in [0, 0.1) is 5.41 Å². The van der Waals surface area contributed by atoms with E-state index in [9.17, 15) is 0 Å². The molecule has 0 saturated carbocycles. The number of hydrogen-bond donors (Lipinski definition) is 0.